The number of hydrogen-bond donors (Lipinski definition) is 0. The van der Waals surface area contributed by atoms with Gasteiger partial charge in [0.25, 0.3) is 0 Å². The number of carbonyl (C=O) groups is 1. The van der Waals surface area contributed by atoms with Crippen molar-refractivity contribution in [3.8, 4) is 5.88 Å². The van der Waals surface area contributed by atoms with Crippen LogP contribution in [-0.2, 0) is 10.9 Å². The summed E-state index contributed by atoms with van der Waals surface area (Å²) in [6.07, 6.45) is 0.0437. The topological polar surface area (TPSA) is 51.7 Å². The molecule has 1 unspecified atom stereocenters. The van der Waals surface area contributed by atoms with Crippen LogP contribution in [0.5, 0.6) is 5.88 Å². The molecule has 162 valence electrons. The van der Waals surface area contributed by atoms with E-state index in [0.29, 0.717) is 19.7 Å². The van der Waals surface area contributed by atoms with Gasteiger partial charge in [-0.25, -0.2) is 9.78 Å². The van der Waals surface area contributed by atoms with Crippen LogP contribution in [0.15, 0.2) is 18.2 Å². The van der Waals surface area contributed by atoms with Crippen LogP contribution in [0.3, 0.4) is 0 Å². The van der Waals surface area contributed by atoms with Gasteiger partial charge in [-0.3, -0.25) is 0 Å². The van der Waals surface area contributed by atoms with E-state index in [1.807, 2.05) is 20.8 Å². The van der Waals surface area contributed by atoms with E-state index in [4.69, 9.17) is 9.47 Å². The zero-order valence-corrected chi connectivity index (χ0v) is 17.2. The van der Waals surface area contributed by atoms with E-state index in [1.54, 1.807) is 4.90 Å². The van der Waals surface area contributed by atoms with Gasteiger partial charge >= 0.3 is 12.3 Å². The average Bonchev–Trinajstić information content (AvgIpc) is 3.00. The van der Waals surface area contributed by atoms with Crippen LogP contribution in [0.1, 0.15) is 58.6 Å². The molecular weight excluding hydrogens is 385 g/mol. The number of piperidine rings is 1. The minimum atomic E-state index is -4.48. The van der Waals surface area contributed by atoms with Crippen molar-refractivity contribution in [2.24, 2.45) is 11.3 Å². The second-order valence-corrected chi connectivity index (χ2v) is 9.09. The van der Waals surface area contributed by atoms with Gasteiger partial charge in [0.1, 0.15) is 11.3 Å². The first-order valence-electron chi connectivity index (χ1n) is 10.1. The van der Waals surface area contributed by atoms with Crippen LogP contribution in [0.25, 0.3) is 0 Å². The fourth-order valence-corrected chi connectivity index (χ4v) is 4.43. The van der Waals surface area contributed by atoms with Gasteiger partial charge in [0.15, 0.2) is 0 Å². The molecule has 2 heterocycles. The molecule has 0 aromatic carbocycles. The molecule has 1 amide bonds. The lowest BCUT2D eigenvalue weighted by molar-refractivity contribution is -0.141. The highest BCUT2D eigenvalue weighted by Gasteiger charge is 2.46. The number of alkyl halides is 3. The van der Waals surface area contributed by atoms with Gasteiger partial charge in [-0.1, -0.05) is 12.5 Å². The normalized spacial score (nSPS) is 22.0. The van der Waals surface area contributed by atoms with Gasteiger partial charge in [-0.05, 0) is 63.9 Å². The Bertz CT molecular complexity index is 723. The van der Waals surface area contributed by atoms with Crippen LogP contribution < -0.4 is 4.74 Å². The van der Waals surface area contributed by atoms with Crippen LogP contribution in [0, 0.1) is 11.3 Å². The van der Waals surface area contributed by atoms with E-state index < -0.39 is 17.5 Å². The fraction of sp³-hybridized carbons (Fsp3) is 0.714. The second kappa shape index (κ2) is 8.03. The molecule has 2 fully saturated rings. The molecule has 3 rings (SSSR count). The van der Waals surface area contributed by atoms with Crippen LogP contribution in [-0.4, -0.2) is 41.3 Å². The Balaban J connectivity index is 1.58. The van der Waals surface area contributed by atoms with Crippen molar-refractivity contribution in [2.75, 3.05) is 19.7 Å². The maximum Gasteiger partial charge on any atom is 0.433 e. The standard InChI is InChI=1S/C21H29F3N2O3/c1-19(2,3)29-18(27)26-12-10-20(11-13-26)9-5-6-15(20)14-28-17-8-4-7-16(25-17)21(22,23)24/h4,7-8,15H,5-6,9-14H2,1-3H3. The summed E-state index contributed by atoms with van der Waals surface area (Å²) >= 11 is 0. The molecule has 1 aromatic rings. The molecule has 1 aliphatic heterocycles. The third-order valence-corrected chi connectivity index (χ3v) is 5.95. The van der Waals surface area contributed by atoms with E-state index in [1.165, 1.54) is 12.1 Å². The summed E-state index contributed by atoms with van der Waals surface area (Å²) < 4.78 is 49.7. The highest BCUT2D eigenvalue weighted by atomic mass is 19.4. The van der Waals surface area contributed by atoms with Gasteiger partial charge in [-0.15, -0.1) is 0 Å². The first-order valence-corrected chi connectivity index (χ1v) is 10.1. The molecule has 29 heavy (non-hydrogen) atoms. The maximum absolute atomic E-state index is 12.8. The lowest BCUT2D eigenvalue weighted by Gasteiger charge is -2.43. The molecule has 1 saturated carbocycles. The first-order chi connectivity index (χ1) is 13.5. The zero-order chi connectivity index (χ0) is 21.3. The van der Waals surface area contributed by atoms with Crippen molar-refractivity contribution < 1.29 is 27.4 Å². The molecule has 1 atom stereocenters. The number of likely N-dealkylation sites (tertiary alicyclic amines) is 1. The Morgan fingerprint density at radius 1 is 1.21 bits per heavy atom. The zero-order valence-electron chi connectivity index (χ0n) is 17.2. The molecule has 2 aliphatic rings. The number of halogens is 3. The van der Waals surface area contributed by atoms with E-state index in [-0.39, 0.29) is 23.3 Å². The predicted octanol–water partition coefficient (Wildman–Crippen LogP) is 5.30. The lowest BCUT2D eigenvalue weighted by atomic mass is 9.71. The molecular formula is C21H29F3N2O3. The summed E-state index contributed by atoms with van der Waals surface area (Å²) in [5, 5.41) is 0. The number of hydrogen-bond acceptors (Lipinski definition) is 4. The minimum Gasteiger partial charge on any atom is -0.477 e. The van der Waals surface area contributed by atoms with Gasteiger partial charge in [-0.2, -0.15) is 13.2 Å². The van der Waals surface area contributed by atoms with E-state index in [9.17, 15) is 18.0 Å². The van der Waals surface area contributed by atoms with E-state index in [0.717, 1.165) is 38.2 Å². The van der Waals surface area contributed by atoms with E-state index >= 15 is 0 Å². The van der Waals surface area contributed by atoms with Gasteiger partial charge < -0.3 is 14.4 Å². The number of carbonyl (C=O) groups excluding carboxylic acids is 1. The maximum atomic E-state index is 12.8. The second-order valence-electron chi connectivity index (χ2n) is 9.09. The molecule has 0 N–H and O–H groups in total. The number of nitrogens with zero attached hydrogens (tertiary/aromatic N) is 2. The van der Waals surface area contributed by atoms with Crippen molar-refractivity contribution in [1.82, 2.24) is 9.88 Å². The highest BCUT2D eigenvalue weighted by Crippen LogP contribution is 2.50. The van der Waals surface area contributed by atoms with Crippen molar-refractivity contribution in [3.63, 3.8) is 0 Å². The fourth-order valence-electron chi connectivity index (χ4n) is 4.43. The monoisotopic (exact) mass is 414 g/mol. The van der Waals surface area contributed by atoms with Crippen molar-refractivity contribution in [3.05, 3.63) is 23.9 Å². The SMILES string of the molecule is CC(C)(C)OC(=O)N1CCC2(CCCC2COc2cccc(C(F)(F)F)n2)CC1. The quantitative estimate of drug-likeness (QED) is 0.674. The Labute approximate surface area is 169 Å². The molecule has 5 nitrogen and oxygen atoms in total. The number of ether oxygens (including phenoxy) is 2. The summed E-state index contributed by atoms with van der Waals surface area (Å²) in [6.45, 7) is 7.16. The molecule has 0 radical (unpaired) electrons. The largest absolute Gasteiger partial charge is 0.477 e. The number of aromatic nitrogens is 1. The Kier molecular flexibility index (Phi) is 6.01. The van der Waals surface area contributed by atoms with Gasteiger partial charge in [0, 0.05) is 19.2 Å². The van der Waals surface area contributed by atoms with Crippen LogP contribution in [0.2, 0.25) is 0 Å². The molecule has 1 aromatic heterocycles. The molecule has 1 spiro atoms. The first kappa shape index (κ1) is 21.7. The summed E-state index contributed by atoms with van der Waals surface area (Å²) in [5.41, 5.74) is -1.39. The molecule has 0 bridgehead atoms. The summed E-state index contributed by atoms with van der Waals surface area (Å²) in [6, 6.07) is 3.72. The summed E-state index contributed by atoms with van der Waals surface area (Å²) in [4.78, 5) is 17.6. The number of amides is 1. The smallest absolute Gasteiger partial charge is 0.433 e. The highest BCUT2D eigenvalue weighted by molar-refractivity contribution is 5.68. The van der Waals surface area contributed by atoms with Crippen molar-refractivity contribution in [1.29, 1.82) is 0 Å². The average molecular weight is 414 g/mol. The van der Waals surface area contributed by atoms with Crippen LogP contribution in [0.4, 0.5) is 18.0 Å². The molecule has 8 heteroatoms. The Morgan fingerprint density at radius 3 is 2.52 bits per heavy atom. The predicted molar refractivity (Wildman–Crippen MR) is 102 cm³/mol. The third-order valence-electron chi connectivity index (χ3n) is 5.95. The Hall–Kier alpha value is -1.99. The molecule has 1 aliphatic carbocycles. The van der Waals surface area contributed by atoms with Crippen molar-refractivity contribution in [2.45, 2.75) is 64.7 Å². The van der Waals surface area contributed by atoms with E-state index in [2.05, 4.69) is 4.98 Å². The third kappa shape index (κ3) is 5.34. The summed E-state index contributed by atoms with van der Waals surface area (Å²) in [5.74, 6) is 0.257. The number of pyridine rings is 1. The summed E-state index contributed by atoms with van der Waals surface area (Å²) in [7, 11) is 0. The van der Waals surface area contributed by atoms with Gasteiger partial charge in [0.2, 0.25) is 5.88 Å². The van der Waals surface area contributed by atoms with Crippen LogP contribution >= 0.6 is 0 Å². The Morgan fingerprint density at radius 2 is 1.90 bits per heavy atom. The minimum absolute atomic E-state index is 0.00747. The van der Waals surface area contributed by atoms with Gasteiger partial charge in [0.05, 0.1) is 6.61 Å². The number of rotatable bonds is 3. The van der Waals surface area contributed by atoms with Crippen molar-refractivity contribution >= 4 is 6.09 Å². The molecule has 1 saturated heterocycles. The lowest BCUT2D eigenvalue weighted by Crippen LogP contribution is -2.47.